The molecule has 138 valence electrons. The molecular weight excluding hydrogens is 384 g/mol. The average molecular weight is 411 g/mol. The molecule has 1 aromatic rings. The summed E-state index contributed by atoms with van der Waals surface area (Å²) in [6, 6.07) is 6.19. The van der Waals surface area contributed by atoms with Gasteiger partial charge in [-0.15, -0.1) is 0 Å². The van der Waals surface area contributed by atoms with Gasteiger partial charge in [0.05, 0.1) is 18.8 Å². The molecule has 0 bridgehead atoms. The van der Waals surface area contributed by atoms with Crippen molar-refractivity contribution in [3.63, 3.8) is 0 Å². The van der Waals surface area contributed by atoms with E-state index in [0.29, 0.717) is 11.7 Å². The quantitative estimate of drug-likeness (QED) is 0.782. The van der Waals surface area contributed by atoms with Gasteiger partial charge in [0.25, 0.3) is 5.91 Å². The maximum absolute atomic E-state index is 12.7. The van der Waals surface area contributed by atoms with Gasteiger partial charge in [-0.05, 0) is 56.7 Å². The van der Waals surface area contributed by atoms with Gasteiger partial charge in [-0.3, -0.25) is 4.79 Å². The summed E-state index contributed by atoms with van der Waals surface area (Å²) in [5, 5.41) is 12.7. The molecule has 0 unspecified atom stereocenters. The van der Waals surface area contributed by atoms with Crippen molar-refractivity contribution >= 4 is 27.5 Å². The van der Waals surface area contributed by atoms with Crippen molar-refractivity contribution in [2.24, 2.45) is 0 Å². The second-order valence-corrected chi connectivity index (χ2v) is 7.97. The predicted molar refractivity (Wildman–Crippen MR) is 102 cm³/mol. The maximum Gasteiger partial charge on any atom is 0.251 e. The highest BCUT2D eigenvalue weighted by atomic mass is 79.9. The Morgan fingerprint density at radius 3 is 2.72 bits per heavy atom. The molecule has 1 heterocycles. The molecule has 3 rings (SSSR count). The number of nitrogens with zero attached hydrogens (tertiary/aromatic N) is 1. The first-order valence-corrected chi connectivity index (χ1v) is 9.91. The lowest BCUT2D eigenvalue weighted by Crippen LogP contribution is -2.39. The number of rotatable bonds is 5. The van der Waals surface area contributed by atoms with Crippen LogP contribution >= 0.6 is 15.9 Å². The van der Waals surface area contributed by atoms with Crippen LogP contribution in [0.1, 0.15) is 48.9 Å². The molecule has 6 heteroatoms. The number of amides is 1. The second kappa shape index (κ2) is 8.52. The van der Waals surface area contributed by atoms with Gasteiger partial charge in [-0.25, -0.2) is 0 Å². The third kappa shape index (κ3) is 4.54. The monoisotopic (exact) mass is 410 g/mol. The predicted octanol–water partition coefficient (Wildman–Crippen LogP) is 3.10. The van der Waals surface area contributed by atoms with Gasteiger partial charge in [-0.1, -0.05) is 15.9 Å². The summed E-state index contributed by atoms with van der Waals surface area (Å²) in [5.41, 5.74) is 1.67. The third-order valence-electron chi connectivity index (χ3n) is 5.41. The van der Waals surface area contributed by atoms with Gasteiger partial charge in [-0.2, -0.15) is 0 Å². The van der Waals surface area contributed by atoms with Crippen LogP contribution in [0.3, 0.4) is 0 Å². The Kier molecular flexibility index (Phi) is 6.36. The summed E-state index contributed by atoms with van der Waals surface area (Å²) in [5.74, 6) is -0.0248. The van der Waals surface area contributed by atoms with E-state index >= 15 is 0 Å². The number of hydrogen-bond acceptors (Lipinski definition) is 4. The molecule has 1 amide bonds. The number of aliphatic hydroxyl groups excluding tert-OH is 1. The van der Waals surface area contributed by atoms with Crippen molar-refractivity contribution in [3.05, 3.63) is 28.2 Å². The molecule has 2 aliphatic rings. The molecule has 0 spiro atoms. The minimum atomic E-state index is -0.0248. The minimum absolute atomic E-state index is 0.0248. The van der Waals surface area contributed by atoms with Crippen LogP contribution in [0.15, 0.2) is 22.7 Å². The fraction of sp³-hybridized carbons (Fsp3) is 0.632. The Hall–Kier alpha value is -1.11. The first-order valence-electron chi connectivity index (χ1n) is 9.12. The van der Waals surface area contributed by atoms with E-state index in [1.54, 1.807) is 7.11 Å². The Bertz CT molecular complexity index is 602. The van der Waals surface area contributed by atoms with Crippen LogP contribution in [-0.2, 0) is 4.74 Å². The zero-order valence-corrected chi connectivity index (χ0v) is 16.3. The Labute approximate surface area is 157 Å². The van der Waals surface area contributed by atoms with Gasteiger partial charge in [0.2, 0.25) is 0 Å². The summed E-state index contributed by atoms with van der Waals surface area (Å²) in [6.45, 7) is 1.07. The fourth-order valence-electron chi connectivity index (χ4n) is 3.95. The van der Waals surface area contributed by atoms with Gasteiger partial charge in [0.15, 0.2) is 0 Å². The van der Waals surface area contributed by atoms with Crippen LogP contribution in [0.2, 0.25) is 0 Å². The normalized spacial score (nSPS) is 26.7. The van der Waals surface area contributed by atoms with Crippen molar-refractivity contribution < 1.29 is 14.6 Å². The largest absolute Gasteiger partial charge is 0.394 e. The van der Waals surface area contributed by atoms with Crippen LogP contribution in [0.5, 0.6) is 0 Å². The van der Waals surface area contributed by atoms with Gasteiger partial charge in [0, 0.05) is 35.4 Å². The molecule has 1 atom stereocenters. The van der Waals surface area contributed by atoms with Gasteiger partial charge >= 0.3 is 0 Å². The summed E-state index contributed by atoms with van der Waals surface area (Å²) < 4.78 is 6.28. The number of anilines is 1. The van der Waals surface area contributed by atoms with Crippen LogP contribution in [-0.4, -0.2) is 49.5 Å². The van der Waals surface area contributed by atoms with Crippen LogP contribution in [0.25, 0.3) is 0 Å². The average Bonchev–Trinajstić information content (AvgIpc) is 3.10. The number of halogens is 1. The summed E-state index contributed by atoms with van der Waals surface area (Å²) >= 11 is 3.53. The van der Waals surface area contributed by atoms with E-state index in [1.807, 2.05) is 18.2 Å². The molecule has 0 radical (unpaired) electrons. The Morgan fingerprint density at radius 1 is 1.28 bits per heavy atom. The first-order chi connectivity index (χ1) is 12.1. The first kappa shape index (κ1) is 18.7. The number of ether oxygens (including phenoxy) is 1. The SMILES string of the molecule is COC1CCC(NC(=O)c2cc(Br)cc(N3CCC[C@@H]3CO)c2)CC1. The highest BCUT2D eigenvalue weighted by molar-refractivity contribution is 9.10. The third-order valence-corrected chi connectivity index (χ3v) is 5.86. The Morgan fingerprint density at radius 2 is 2.04 bits per heavy atom. The summed E-state index contributed by atoms with van der Waals surface area (Å²) in [6.07, 6.45) is 6.31. The number of carbonyl (C=O) groups excluding carboxylic acids is 1. The molecular formula is C19H27BrN2O3. The Balaban J connectivity index is 1.68. The summed E-state index contributed by atoms with van der Waals surface area (Å²) in [4.78, 5) is 14.9. The van der Waals surface area contributed by atoms with Gasteiger partial charge < -0.3 is 20.1 Å². The van der Waals surface area contributed by atoms with Crippen molar-refractivity contribution in [2.75, 3.05) is 25.2 Å². The minimum Gasteiger partial charge on any atom is -0.394 e. The zero-order chi connectivity index (χ0) is 17.8. The number of methoxy groups -OCH3 is 1. The maximum atomic E-state index is 12.7. The lowest BCUT2D eigenvalue weighted by atomic mass is 9.93. The van der Waals surface area contributed by atoms with E-state index < -0.39 is 0 Å². The molecule has 25 heavy (non-hydrogen) atoms. The van der Waals surface area contributed by atoms with Gasteiger partial charge in [0.1, 0.15) is 0 Å². The number of nitrogens with one attached hydrogen (secondary N) is 1. The molecule has 2 fully saturated rings. The van der Waals surface area contributed by atoms with E-state index in [2.05, 4.69) is 26.1 Å². The van der Waals surface area contributed by atoms with Crippen molar-refractivity contribution in [2.45, 2.75) is 56.7 Å². The smallest absolute Gasteiger partial charge is 0.251 e. The van der Waals surface area contributed by atoms with Crippen LogP contribution in [0, 0.1) is 0 Å². The lowest BCUT2D eigenvalue weighted by Gasteiger charge is -2.29. The highest BCUT2D eigenvalue weighted by Gasteiger charge is 2.26. The van der Waals surface area contributed by atoms with Crippen LogP contribution < -0.4 is 10.2 Å². The molecule has 5 nitrogen and oxygen atoms in total. The molecule has 1 aliphatic heterocycles. The molecule has 2 N–H and O–H groups in total. The highest BCUT2D eigenvalue weighted by Crippen LogP contribution is 2.29. The van der Waals surface area contributed by atoms with Crippen molar-refractivity contribution in [1.82, 2.24) is 5.32 Å². The molecule has 0 aromatic heterocycles. The van der Waals surface area contributed by atoms with E-state index in [4.69, 9.17) is 4.74 Å². The van der Waals surface area contributed by atoms with E-state index in [1.165, 1.54) is 0 Å². The zero-order valence-electron chi connectivity index (χ0n) is 14.7. The molecule has 1 saturated carbocycles. The molecule has 1 aromatic carbocycles. The topological polar surface area (TPSA) is 61.8 Å². The van der Waals surface area contributed by atoms with E-state index in [9.17, 15) is 9.90 Å². The number of aliphatic hydroxyl groups is 1. The van der Waals surface area contributed by atoms with Crippen molar-refractivity contribution in [1.29, 1.82) is 0 Å². The van der Waals surface area contributed by atoms with Crippen LogP contribution in [0.4, 0.5) is 5.69 Å². The lowest BCUT2D eigenvalue weighted by molar-refractivity contribution is 0.0599. The second-order valence-electron chi connectivity index (χ2n) is 7.05. The summed E-state index contributed by atoms with van der Waals surface area (Å²) in [7, 11) is 1.75. The van der Waals surface area contributed by atoms with E-state index in [0.717, 1.165) is 55.2 Å². The number of carbonyl (C=O) groups is 1. The molecule has 1 saturated heterocycles. The fourth-order valence-corrected chi connectivity index (χ4v) is 4.43. The number of hydrogen-bond donors (Lipinski definition) is 2. The number of benzene rings is 1. The molecule has 1 aliphatic carbocycles. The van der Waals surface area contributed by atoms with E-state index in [-0.39, 0.29) is 24.6 Å². The standard InChI is InChI=1S/C19H27BrN2O3/c1-25-18-6-4-15(5-7-18)21-19(24)13-9-14(20)11-17(10-13)22-8-2-3-16(22)12-23/h9-11,15-16,18,23H,2-8,12H2,1H3,(H,21,24)/t15?,16-,18?/m1/s1. The van der Waals surface area contributed by atoms with Crippen molar-refractivity contribution in [3.8, 4) is 0 Å².